The Bertz CT molecular complexity index is 605. The van der Waals surface area contributed by atoms with Crippen molar-refractivity contribution < 1.29 is 4.74 Å². The normalized spacial score (nSPS) is 16.8. The second-order valence-corrected chi connectivity index (χ2v) is 6.20. The van der Waals surface area contributed by atoms with Crippen LogP contribution in [0.4, 0.5) is 0 Å². The minimum Gasteiger partial charge on any atom is -0.489 e. The van der Waals surface area contributed by atoms with Crippen LogP contribution < -0.4 is 4.74 Å². The van der Waals surface area contributed by atoms with Crippen LogP contribution in [0, 0.1) is 0 Å². The van der Waals surface area contributed by atoms with Crippen molar-refractivity contribution in [3.8, 4) is 5.75 Å². The highest BCUT2D eigenvalue weighted by Crippen LogP contribution is 2.26. The Hall–Kier alpha value is -1.52. The van der Waals surface area contributed by atoms with Gasteiger partial charge >= 0.3 is 0 Å². The smallest absolute Gasteiger partial charge is 0.138 e. The number of nitrogens with zero attached hydrogens (tertiary/aromatic N) is 3. The van der Waals surface area contributed by atoms with Crippen molar-refractivity contribution in [1.29, 1.82) is 0 Å². The van der Waals surface area contributed by atoms with Gasteiger partial charge in [-0.1, -0.05) is 23.7 Å². The first kappa shape index (κ1) is 15.4. The summed E-state index contributed by atoms with van der Waals surface area (Å²) in [6.07, 6.45) is 7.22. The fourth-order valence-corrected chi connectivity index (χ4v) is 3.05. The Balaban J connectivity index is 1.44. The molecule has 3 rings (SSSR count). The molecule has 0 atom stereocenters. The van der Waals surface area contributed by atoms with Crippen LogP contribution in [0.3, 0.4) is 0 Å². The van der Waals surface area contributed by atoms with Crippen LogP contribution in [0.2, 0.25) is 5.02 Å². The van der Waals surface area contributed by atoms with Crippen molar-refractivity contribution in [1.82, 2.24) is 14.5 Å². The Morgan fingerprint density at radius 1 is 1.27 bits per heavy atom. The summed E-state index contributed by atoms with van der Waals surface area (Å²) in [6.45, 7) is 3.20. The van der Waals surface area contributed by atoms with Gasteiger partial charge in [0.1, 0.15) is 17.7 Å². The molecule has 1 aliphatic heterocycles. The SMILES string of the molecule is Cn1ccnc1CCN1CCC(Oc2ccccc2Cl)CC1. The topological polar surface area (TPSA) is 30.3 Å². The summed E-state index contributed by atoms with van der Waals surface area (Å²) < 4.78 is 8.12. The molecule has 4 nitrogen and oxygen atoms in total. The van der Waals surface area contributed by atoms with E-state index in [4.69, 9.17) is 16.3 Å². The third-order valence-corrected chi connectivity index (χ3v) is 4.55. The number of benzene rings is 1. The quantitative estimate of drug-likeness (QED) is 0.848. The van der Waals surface area contributed by atoms with E-state index in [-0.39, 0.29) is 6.10 Å². The lowest BCUT2D eigenvalue weighted by molar-refractivity contribution is 0.101. The number of hydrogen-bond acceptors (Lipinski definition) is 3. The van der Waals surface area contributed by atoms with Gasteiger partial charge in [0, 0.05) is 45.5 Å². The molecule has 0 spiro atoms. The van der Waals surface area contributed by atoms with Crippen LogP contribution in [0.15, 0.2) is 36.7 Å². The van der Waals surface area contributed by atoms with E-state index in [0.717, 1.165) is 50.5 Å². The molecule has 5 heteroatoms. The average molecular weight is 320 g/mol. The fraction of sp³-hybridized carbons (Fsp3) is 0.471. The first-order valence-corrected chi connectivity index (χ1v) is 8.20. The maximum Gasteiger partial charge on any atom is 0.138 e. The van der Waals surface area contributed by atoms with E-state index < -0.39 is 0 Å². The maximum atomic E-state index is 6.15. The monoisotopic (exact) mass is 319 g/mol. The molecular weight excluding hydrogens is 298 g/mol. The molecule has 2 heterocycles. The van der Waals surface area contributed by atoms with Crippen molar-refractivity contribution >= 4 is 11.6 Å². The number of hydrogen-bond donors (Lipinski definition) is 0. The van der Waals surface area contributed by atoms with Crippen molar-refractivity contribution in [2.75, 3.05) is 19.6 Å². The van der Waals surface area contributed by atoms with E-state index in [0.29, 0.717) is 5.02 Å². The van der Waals surface area contributed by atoms with Gasteiger partial charge in [0.15, 0.2) is 0 Å². The molecule has 1 fully saturated rings. The molecule has 0 amide bonds. The molecule has 0 bridgehead atoms. The number of ether oxygens (including phenoxy) is 1. The average Bonchev–Trinajstić information content (AvgIpc) is 2.94. The summed E-state index contributed by atoms with van der Waals surface area (Å²) in [5.41, 5.74) is 0. The standard InChI is InChI=1S/C17H22ClN3O/c1-20-13-9-19-17(20)8-12-21-10-6-14(7-11-21)22-16-5-3-2-4-15(16)18/h2-5,9,13-14H,6-8,10-12H2,1H3. The second kappa shape index (κ2) is 7.16. The van der Waals surface area contributed by atoms with E-state index in [1.165, 1.54) is 0 Å². The van der Waals surface area contributed by atoms with Crippen molar-refractivity contribution in [3.05, 3.63) is 47.5 Å². The lowest BCUT2D eigenvalue weighted by Crippen LogP contribution is -2.39. The van der Waals surface area contributed by atoms with Gasteiger partial charge in [-0.05, 0) is 25.0 Å². The predicted molar refractivity (Wildman–Crippen MR) is 88.5 cm³/mol. The maximum absolute atomic E-state index is 6.15. The van der Waals surface area contributed by atoms with Gasteiger partial charge in [0.25, 0.3) is 0 Å². The van der Waals surface area contributed by atoms with Crippen LogP contribution in [-0.4, -0.2) is 40.2 Å². The number of aromatic nitrogens is 2. The molecule has 0 radical (unpaired) electrons. The summed E-state index contributed by atoms with van der Waals surface area (Å²) in [5.74, 6) is 1.95. The molecule has 0 saturated carbocycles. The summed E-state index contributed by atoms with van der Waals surface area (Å²) in [6, 6.07) is 7.70. The van der Waals surface area contributed by atoms with Crippen LogP contribution in [-0.2, 0) is 13.5 Å². The molecule has 1 aromatic carbocycles. The highest BCUT2D eigenvalue weighted by atomic mass is 35.5. The molecule has 22 heavy (non-hydrogen) atoms. The fourth-order valence-electron chi connectivity index (χ4n) is 2.87. The minimum atomic E-state index is 0.268. The van der Waals surface area contributed by atoms with Gasteiger partial charge in [-0.15, -0.1) is 0 Å². The number of piperidine rings is 1. The highest BCUT2D eigenvalue weighted by Gasteiger charge is 2.21. The molecule has 118 valence electrons. The summed E-state index contributed by atoms with van der Waals surface area (Å²) in [5, 5.41) is 0.694. The Labute approximate surface area is 136 Å². The van der Waals surface area contributed by atoms with Gasteiger partial charge < -0.3 is 14.2 Å². The summed E-state index contributed by atoms with van der Waals surface area (Å²) >= 11 is 6.15. The zero-order valence-corrected chi connectivity index (χ0v) is 13.7. The number of rotatable bonds is 5. The zero-order valence-electron chi connectivity index (χ0n) is 12.9. The van der Waals surface area contributed by atoms with Gasteiger partial charge in [-0.2, -0.15) is 0 Å². The largest absolute Gasteiger partial charge is 0.489 e. The van der Waals surface area contributed by atoms with Crippen molar-refractivity contribution in [2.45, 2.75) is 25.4 Å². The van der Waals surface area contributed by atoms with E-state index in [9.17, 15) is 0 Å². The molecule has 2 aromatic rings. The van der Waals surface area contributed by atoms with Gasteiger partial charge in [0.2, 0.25) is 0 Å². The Morgan fingerprint density at radius 3 is 2.73 bits per heavy atom. The Kier molecular flexibility index (Phi) is 5.01. The third kappa shape index (κ3) is 3.81. The number of para-hydroxylation sites is 1. The summed E-state index contributed by atoms with van der Waals surface area (Å²) in [4.78, 5) is 6.86. The van der Waals surface area contributed by atoms with E-state index in [1.807, 2.05) is 43.7 Å². The number of imidazole rings is 1. The predicted octanol–water partition coefficient (Wildman–Crippen LogP) is 3.16. The number of aryl methyl sites for hydroxylation is 1. The molecule has 0 N–H and O–H groups in total. The van der Waals surface area contributed by atoms with Crippen LogP contribution in [0.5, 0.6) is 5.75 Å². The molecule has 1 saturated heterocycles. The van der Waals surface area contributed by atoms with Crippen LogP contribution >= 0.6 is 11.6 Å². The van der Waals surface area contributed by atoms with Gasteiger partial charge in [0.05, 0.1) is 5.02 Å². The zero-order chi connectivity index (χ0) is 15.4. The van der Waals surface area contributed by atoms with Crippen LogP contribution in [0.1, 0.15) is 18.7 Å². The summed E-state index contributed by atoms with van der Waals surface area (Å²) in [7, 11) is 2.05. The lowest BCUT2D eigenvalue weighted by atomic mass is 10.1. The lowest BCUT2D eigenvalue weighted by Gasteiger charge is -2.32. The molecule has 1 aromatic heterocycles. The second-order valence-electron chi connectivity index (χ2n) is 5.79. The Morgan fingerprint density at radius 2 is 2.05 bits per heavy atom. The number of likely N-dealkylation sites (tertiary alicyclic amines) is 1. The van der Waals surface area contributed by atoms with Crippen molar-refractivity contribution in [3.63, 3.8) is 0 Å². The molecular formula is C17H22ClN3O. The van der Waals surface area contributed by atoms with E-state index in [2.05, 4.69) is 14.5 Å². The first-order valence-electron chi connectivity index (χ1n) is 7.82. The molecule has 0 unspecified atom stereocenters. The van der Waals surface area contributed by atoms with E-state index >= 15 is 0 Å². The molecule has 1 aliphatic rings. The van der Waals surface area contributed by atoms with Gasteiger partial charge in [-0.25, -0.2) is 4.98 Å². The first-order chi connectivity index (χ1) is 10.7. The minimum absolute atomic E-state index is 0.268. The van der Waals surface area contributed by atoms with E-state index in [1.54, 1.807) is 0 Å². The van der Waals surface area contributed by atoms with Crippen molar-refractivity contribution in [2.24, 2.45) is 7.05 Å². The molecule has 0 aliphatic carbocycles. The van der Waals surface area contributed by atoms with Crippen LogP contribution in [0.25, 0.3) is 0 Å². The highest BCUT2D eigenvalue weighted by molar-refractivity contribution is 6.32. The van der Waals surface area contributed by atoms with Gasteiger partial charge in [-0.3, -0.25) is 0 Å². The third-order valence-electron chi connectivity index (χ3n) is 4.24. The number of halogens is 1.